The minimum Gasteiger partial charge on any atom is -0.493 e. The van der Waals surface area contributed by atoms with E-state index < -0.39 is 0 Å². The lowest BCUT2D eigenvalue weighted by Gasteiger charge is -2.15. The fourth-order valence-corrected chi connectivity index (χ4v) is 2.68. The van der Waals surface area contributed by atoms with Crippen LogP contribution in [0.15, 0.2) is 16.6 Å². The summed E-state index contributed by atoms with van der Waals surface area (Å²) in [5.41, 5.74) is 8.67. The van der Waals surface area contributed by atoms with Gasteiger partial charge < -0.3 is 10.5 Å². The first-order valence-corrected chi connectivity index (χ1v) is 6.72. The topological polar surface area (TPSA) is 35.2 Å². The highest BCUT2D eigenvalue weighted by Gasteiger charge is 2.20. The number of rotatable bonds is 4. The average Bonchev–Trinajstić information content (AvgIpc) is 2.72. The van der Waals surface area contributed by atoms with E-state index in [0.717, 1.165) is 35.2 Å². The SMILES string of the molecule is CCCCC(N)c1cc(Br)cc2c1OCC2. The molecule has 1 aromatic rings. The summed E-state index contributed by atoms with van der Waals surface area (Å²) in [5.74, 6) is 1.03. The van der Waals surface area contributed by atoms with Crippen molar-refractivity contribution < 1.29 is 4.74 Å². The van der Waals surface area contributed by atoms with Crippen molar-refractivity contribution in [2.24, 2.45) is 5.73 Å². The van der Waals surface area contributed by atoms with Crippen molar-refractivity contribution in [2.75, 3.05) is 6.61 Å². The van der Waals surface area contributed by atoms with Crippen LogP contribution in [0.5, 0.6) is 5.75 Å². The molecule has 3 heteroatoms. The number of nitrogens with two attached hydrogens (primary N) is 1. The monoisotopic (exact) mass is 283 g/mol. The maximum atomic E-state index is 6.22. The minimum atomic E-state index is 0.101. The molecule has 1 aliphatic heterocycles. The molecule has 2 N–H and O–H groups in total. The summed E-state index contributed by atoms with van der Waals surface area (Å²) in [6.45, 7) is 2.98. The van der Waals surface area contributed by atoms with E-state index >= 15 is 0 Å². The van der Waals surface area contributed by atoms with E-state index in [1.54, 1.807) is 0 Å². The van der Waals surface area contributed by atoms with Gasteiger partial charge in [-0.15, -0.1) is 0 Å². The molecule has 88 valence electrons. The molecule has 16 heavy (non-hydrogen) atoms. The fraction of sp³-hybridized carbons (Fsp3) is 0.538. The number of hydrogen-bond donors (Lipinski definition) is 1. The van der Waals surface area contributed by atoms with Crippen molar-refractivity contribution in [3.8, 4) is 5.75 Å². The number of halogens is 1. The van der Waals surface area contributed by atoms with Crippen LogP contribution in [0.1, 0.15) is 43.4 Å². The summed E-state index contributed by atoms with van der Waals surface area (Å²) >= 11 is 3.54. The molecule has 0 saturated heterocycles. The van der Waals surface area contributed by atoms with Gasteiger partial charge in [-0.1, -0.05) is 35.7 Å². The number of ether oxygens (including phenoxy) is 1. The zero-order valence-corrected chi connectivity index (χ0v) is 11.2. The zero-order chi connectivity index (χ0) is 11.5. The minimum absolute atomic E-state index is 0.101. The molecule has 1 aliphatic rings. The lowest BCUT2D eigenvalue weighted by atomic mass is 9.98. The van der Waals surface area contributed by atoms with Gasteiger partial charge in [0.1, 0.15) is 5.75 Å². The molecule has 1 atom stereocenters. The first kappa shape index (κ1) is 11.9. The van der Waals surface area contributed by atoms with Crippen LogP contribution < -0.4 is 10.5 Å². The number of hydrogen-bond acceptors (Lipinski definition) is 2. The Bertz CT molecular complexity index is 378. The van der Waals surface area contributed by atoms with E-state index in [1.807, 2.05) is 0 Å². The third-order valence-corrected chi connectivity index (χ3v) is 3.50. The van der Waals surface area contributed by atoms with Crippen molar-refractivity contribution in [3.63, 3.8) is 0 Å². The molecule has 2 nitrogen and oxygen atoms in total. The molecule has 0 saturated carbocycles. The van der Waals surface area contributed by atoms with Crippen molar-refractivity contribution in [1.29, 1.82) is 0 Å². The molecule has 2 rings (SSSR count). The quantitative estimate of drug-likeness (QED) is 0.917. The van der Waals surface area contributed by atoms with Gasteiger partial charge in [0.2, 0.25) is 0 Å². The van der Waals surface area contributed by atoms with Crippen LogP contribution in [0.2, 0.25) is 0 Å². The number of benzene rings is 1. The van der Waals surface area contributed by atoms with Crippen LogP contribution in [0.25, 0.3) is 0 Å². The Morgan fingerprint density at radius 3 is 3.06 bits per heavy atom. The number of fused-ring (bicyclic) bond motifs is 1. The van der Waals surface area contributed by atoms with Crippen molar-refractivity contribution in [2.45, 2.75) is 38.6 Å². The zero-order valence-electron chi connectivity index (χ0n) is 9.63. The summed E-state index contributed by atoms with van der Waals surface area (Å²) in [6, 6.07) is 4.34. The second-order valence-corrected chi connectivity index (χ2v) is 5.25. The number of unbranched alkanes of at least 4 members (excludes halogenated alkanes) is 1. The Morgan fingerprint density at radius 1 is 1.50 bits per heavy atom. The maximum Gasteiger partial charge on any atom is 0.127 e. The highest BCUT2D eigenvalue weighted by Crippen LogP contribution is 2.36. The lowest BCUT2D eigenvalue weighted by Crippen LogP contribution is -2.11. The second-order valence-electron chi connectivity index (χ2n) is 4.33. The normalized spacial score (nSPS) is 15.7. The largest absolute Gasteiger partial charge is 0.493 e. The molecule has 1 unspecified atom stereocenters. The fourth-order valence-electron chi connectivity index (χ4n) is 2.15. The van der Waals surface area contributed by atoms with Gasteiger partial charge in [0.25, 0.3) is 0 Å². The van der Waals surface area contributed by atoms with E-state index in [1.165, 1.54) is 18.4 Å². The molecular weight excluding hydrogens is 266 g/mol. The van der Waals surface area contributed by atoms with Crippen LogP contribution in [0.3, 0.4) is 0 Å². The second kappa shape index (κ2) is 5.19. The standard InChI is InChI=1S/C13H18BrNO/c1-2-3-4-12(15)11-8-10(14)7-9-5-6-16-13(9)11/h7-8,12H,2-6,15H2,1H3. The molecule has 0 spiro atoms. The van der Waals surface area contributed by atoms with Crippen molar-refractivity contribution in [1.82, 2.24) is 0 Å². The van der Waals surface area contributed by atoms with Crippen LogP contribution in [-0.2, 0) is 6.42 Å². The molecule has 0 amide bonds. The van der Waals surface area contributed by atoms with Gasteiger partial charge in [-0.2, -0.15) is 0 Å². The van der Waals surface area contributed by atoms with Crippen LogP contribution in [-0.4, -0.2) is 6.61 Å². The van der Waals surface area contributed by atoms with Crippen molar-refractivity contribution in [3.05, 3.63) is 27.7 Å². The van der Waals surface area contributed by atoms with Crippen molar-refractivity contribution >= 4 is 15.9 Å². The summed E-state index contributed by atoms with van der Waals surface area (Å²) in [7, 11) is 0. The van der Waals surface area contributed by atoms with E-state index in [0.29, 0.717) is 0 Å². The van der Waals surface area contributed by atoms with Gasteiger partial charge in [-0.3, -0.25) is 0 Å². The molecular formula is C13H18BrNO. The van der Waals surface area contributed by atoms with E-state index in [4.69, 9.17) is 10.5 Å². The highest BCUT2D eigenvalue weighted by atomic mass is 79.9. The van der Waals surface area contributed by atoms with Crippen LogP contribution in [0.4, 0.5) is 0 Å². The third-order valence-electron chi connectivity index (χ3n) is 3.05. The van der Waals surface area contributed by atoms with E-state index in [9.17, 15) is 0 Å². The summed E-state index contributed by atoms with van der Waals surface area (Å²) in [5, 5.41) is 0. The Hall–Kier alpha value is -0.540. The summed E-state index contributed by atoms with van der Waals surface area (Å²) in [6.07, 6.45) is 4.39. The van der Waals surface area contributed by atoms with Gasteiger partial charge in [0.05, 0.1) is 6.61 Å². The van der Waals surface area contributed by atoms with Gasteiger partial charge in [0.15, 0.2) is 0 Å². The Kier molecular flexibility index (Phi) is 3.87. The molecule has 0 fully saturated rings. The van der Waals surface area contributed by atoms with Gasteiger partial charge in [-0.05, 0) is 24.1 Å². The third kappa shape index (κ3) is 2.41. The molecule has 0 bridgehead atoms. The predicted molar refractivity (Wildman–Crippen MR) is 69.8 cm³/mol. The Labute approximate surface area is 105 Å². The first-order valence-electron chi connectivity index (χ1n) is 5.93. The van der Waals surface area contributed by atoms with E-state index in [-0.39, 0.29) is 6.04 Å². The summed E-state index contributed by atoms with van der Waals surface area (Å²) < 4.78 is 6.79. The van der Waals surface area contributed by atoms with Gasteiger partial charge in [-0.25, -0.2) is 0 Å². The molecule has 0 radical (unpaired) electrons. The molecule has 1 aromatic carbocycles. The Morgan fingerprint density at radius 2 is 2.31 bits per heavy atom. The van der Waals surface area contributed by atoms with Crippen LogP contribution in [0, 0.1) is 0 Å². The van der Waals surface area contributed by atoms with E-state index in [2.05, 4.69) is 35.0 Å². The Balaban J connectivity index is 2.26. The molecule has 1 heterocycles. The predicted octanol–water partition coefficient (Wildman–Crippen LogP) is 3.57. The average molecular weight is 284 g/mol. The van der Waals surface area contributed by atoms with Crippen LogP contribution >= 0.6 is 15.9 Å². The lowest BCUT2D eigenvalue weighted by molar-refractivity contribution is 0.350. The first-order chi connectivity index (χ1) is 7.72. The van der Waals surface area contributed by atoms with Gasteiger partial charge >= 0.3 is 0 Å². The highest BCUT2D eigenvalue weighted by molar-refractivity contribution is 9.10. The molecule has 0 aliphatic carbocycles. The molecule has 0 aromatic heterocycles. The maximum absolute atomic E-state index is 6.22. The van der Waals surface area contributed by atoms with Gasteiger partial charge in [0, 0.05) is 22.5 Å². The smallest absolute Gasteiger partial charge is 0.127 e. The summed E-state index contributed by atoms with van der Waals surface area (Å²) in [4.78, 5) is 0.